The molecule has 1 heterocycles. The molecule has 2 atom stereocenters. The van der Waals surface area contributed by atoms with Crippen molar-refractivity contribution in [3.63, 3.8) is 0 Å². The molecule has 0 radical (unpaired) electrons. The van der Waals surface area contributed by atoms with Crippen LogP contribution in [0.15, 0.2) is 0 Å². The fourth-order valence-corrected chi connectivity index (χ4v) is 2.82. The Labute approximate surface area is 135 Å². The summed E-state index contributed by atoms with van der Waals surface area (Å²) in [6.07, 6.45) is 3.92. The Hall–Kier alpha value is -1.10. The maximum Gasteiger partial charge on any atom is 0.242 e. The molecule has 0 aliphatic carbocycles. The van der Waals surface area contributed by atoms with E-state index in [0.717, 1.165) is 19.5 Å². The zero-order valence-corrected chi connectivity index (χ0v) is 14.6. The summed E-state index contributed by atoms with van der Waals surface area (Å²) in [6.45, 7) is 10.8. The van der Waals surface area contributed by atoms with Crippen molar-refractivity contribution in [2.75, 3.05) is 19.6 Å². The average molecular weight is 311 g/mol. The summed E-state index contributed by atoms with van der Waals surface area (Å²) in [6, 6.07) is -0.435. The van der Waals surface area contributed by atoms with E-state index in [1.165, 1.54) is 12.8 Å². The molecule has 0 aromatic heterocycles. The minimum Gasteiger partial charge on any atom is -0.354 e. The van der Waals surface area contributed by atoms with Crippen molar-refractivity contribution in [2.45, 2.75) is 59.4 Å². The maximum atomic E-state index is 12.3. The molecule has 128 valence electrons. The van der Waals surface area contributed by atoms with Gasteiger partial charge in [-0.25, -0.2) is 0 Å². The van der Waals surface area contributed by atoms with Crippen molar-refractivity contribution in [3.8, 4) is 0 Å². The summed E-state index contributed by atoms with van der Waals surface area (Å²) in [5, 5.41) is 9.25. The Bertz CT molecular complexity index is 350. The minimum atomic E-state index is -0.435. The molecule has 0 bridgehead atoms. The Morgan fingerprint density at radius 3 is 2.50 bits per heavy atom. The second-order valence-corrected chi connectivity index (χ2v) is 7.18. The number of rotatable bonds is 8. The lowest BCUT2D eigenvalue weighted by Gasteiger charge is -2.25. The van der Waals surface area contributed by atoms with E-state index >= 15 is 0 Å². The zero-order chi connectivity index (χ0) is 16.5. The first-order chi connectivity index (χ1) is 10.4. The number of amides is 2. The van der Waals surface area contributed by atoms with Gasteiger partial charge >= 0.3 is 0 Å². The Balaban J connectivity index is 2.35. The van der Waals surface area contributed by atoms with Gasteiger partial charge in [-0.3, -0.25) is 9.59 Å². The second-order valence-electron chi connectivity index (χ2n) is 7.18. The molecule has 0 aromatic rings. The molecule has 2 amide bonds. The van der Waals surface area contributed by atoms with Crippen LogP contribution in [0, 0.1) is 17.8 Å². The number of hydrogen-bond acceptors (Lipinski definition) is 3. The molecule has 5 heteroatoms. The fraction of sp³-hybridized carbons (Fsp3) is 0.882. The molecular weight excluding hydrogens is 278 g/mol. The van der Waals surface area contributed by atoms with Gasteiger partial charge in [0.05, 0.1) is 0 Å². The normalized spacial score (nSPS) is 20.0. The third-order valence-corrected chi connectivity index (χ3v) is 4.11. The summed E-state index contributed by atoms with van der Waals surface area (Å²) in [5.41, 5.74) is 0. The minimum absolute atomic E-state index is 0.0414. The number of carbonyl (C=O) groups excluding carboxylic acids is 2. The van der Waals surface area contributed by atoms with Crippen LogP contribution in [0.3, 0.4) is 0 Å². The molecule has 1 aliphatic rings. The van der Waals surface area contributed by atoms with E-state index in [4.69, 9.17) is 0 Å². The highest BCUT2D eigenvalue weighted by Gasteiger charge is 2.24. The van der Waals surface area contributed by atoms with Crippen LogP contribution in [0.1, 0.15) is 53.4 Å². The maximum absolute atomic E-state index is 12.3. The monoisotopic (exact) mass is 311 g/mol. The molecule has 2 unspecified atom stereocenters. The van der Waals surface area contributed by atoms with Crippen LogP contribution < -0.4 is 16.0 Å². The molecule has 0 spiro atoms. The van der Waals surface area contributed by atoms with Gasteiger partial charge in [0, 0.05) is 13.0 Å². The molecule has 1 rings (SSSR count). The van der Waals surface area contributed by atoms with E-state index in [2.05, 4.69) is 16.0 Å². The van der Waals surface area contributed by atoms with Crippen molar-refractivity contribution >= 4 is 11.8 Å². The van der Waals surface area contributed by atoms with Crippen LogP contribution in [-0.4, -0.2) is 37.5 Å². The van der Waals surface area contributed by atoms with Gasteiger partial charge in [0.15, 0.2) is 0 Å². The lowest BCUT2D eigenvalue weighted by Crippen LogP contribution is -2.50. The molecule has 1 saturated heterocycles. The van der Waals surface area contributed by atoms with Gasteiger partial charge < -0.3 is 16.0 Å². The first-order valence-electron chi connectivity index (χ1n) is 8.68. The smallest absolute Gasteiger partial charge is 0.242 e. The predicted molar refractivity (Wildman–Crippen MR) is 89.4 cm³/mol. The lowest BCUT2D eigenvalue weighted by molar-refractivity contribution is -0.130. The molecule has 3 N–H and O–H groups in total. The van der Waals surface area contributed by atoms with Crippen molar-refractivity contribution in [2.24, 2.45) is 17.8 Å². The molecular formula is C17H33N3O2. The van der Waals surface area contributed by atoms with Gasteiger partial charge in [-0.2, -0.15) is 0 Å². The highest BCUT2D eigenvalue weighted by Crippen LogP contribution is 2.13. The topological polar surface area (TPSA) is 70.2 Å². The van der Waals surface area contributed by atoms with Crippen LogP contribution in [0.2, 0.25) is 0 Å². The predicted octanol–water partition coefficient (Wildman–Crippen LogP) is 1.68. The standard InChI is InChI=1S/C17H33N3O2/c1-12(2)10-15(21)20-16(13(3)4)17(22)19-9-7-14-6-5-8-18-11-14/h12-14,16,18H,5-11H2,1-4H3,(H,19,22)(H,20,21). The van der Waals surface area contributed by atoms with E-state index in [1.807, 2.05) is 27.7 Å². The van der Waals surface area contributed by atoms with Crippen molar-refractivity contribution in [1.82, 2.24) is 16.0 Å². The second kappa shape index (κ2) is 9.82. The zero-order valence-electron chi connectivity index (χ0n) is 14.6. The summed E-state index contributed by atoms with van der Waals surface area (Å²) >= 11 is 0. The lowest BCUT2D eigenvalue weighted by atomic mass is 9.96. The van der Waals surface area contributed by atoms with Crippen molar-refractivity contribution in [1.29, 1.82) is 0 Å². The van der Waals surface area contributed by atoms with Gasteiger partial charge in [0.2, 0.25) is 11.8 Å². The van der Waals surface area contributed by atoms with Crippen LogP contribution in [0.4, 0.5) is 0 Å². The molecule has 1 fully saturated rings. The molecule has 5 nitrogen and oxygen atoms in total. The Morgan fingerprint density at radius 2 is 1.95 bits per heavy atom. The van der Waals surface area contributed by atoms with E-state index in [-0.39, 0.29) is 17.7 Å². The largest absolute Gasteiger partial charge is 0.354 e. The quantitative estimate of drug-likeness (QED) is 0.639. The fourth-order valence-electron chi connectivity index (χ4n) is 2.82. The number of piperidine rings is 1. The molecule has 22 heavy (non-hydrogen) atoms. The van der Waals surface area contributed by atoms with Gasteiger partial charge in [-0.15, -0.1) is 0 Å². The third kappa shape index (κ3) is 7.25. The van der Waals surface area contributed by atoms with Crippen LogP contribution in [0.25, 0.3) is 0 Å². The van der Waals surface area contributed by atoms with E-state index in [1.54, 1.807) is 0 Å². The van der Waals surface area contributed by atoms with E-state index in [9.17, 15) is 9.59 Å². The summed E-state index contributed by atoms with van der Waals surface area (Å²) in [4.78, 5) is 24.2. The SMILES string of the molecule is CC(C)CC(=O)NC(C(=O)NCCC1CCCNC1)C(C)C. The van der Waals surface area contributed by atoms with Crippen LogP contribution >= 0.6 is 0 Å². The third-order valence-electron chi connectivity index (χ3n) is 4.11. The van der Waals surface area contributed by atoms with Crippen molar-refractivity contribution in [3.05, 3.63) is 0 Å². The molecule has 0 aromatic carbocycles. The number of carbonyl (C=O) groups is 2. The van der Waals surface area contributed by atoms with Gasteiger partial charge in [0.1, 0.15) is 6.04 Å². The van der Waals surface area contributed by atoms with E-state index in [0.29, 0.717) is 24.8 Å². The Morgan fingerprint density at radius 1 is 1.23 bits per heavy atom. The van der Waals surface area contributed by atoms with Gasteiger partial charge in [0.25, 0.3) is 0 Å². The van der Waals surface area contributed by atoms with Gasteiger partial charge in [-0.05, 0) is 50.1 Å². The first-order valence-corrected chi connectivity index (χ1v) is 8.68. The van der Waals surface area contributed by atoms with Crippen LogP contribution in [-0.2, 0) is 9.59 Å². The molecule has 0 saturated carbocycles. The highest BCUT2D eigenvalue weighted by molar-refractivity contribution is 5.87. The number of nitrogens with one attached hydrogen (secondary N) is 3. The summed E-state index contributed by atoms with van der Waals surface area (Å²) in [5.74, 6) is 0.945. The van der Waals surface area contributed by atoms with Crippen LogP contribution in [0.5, 0.6) is 0 Å². The molecule has 1 aliphatic heterocycles. The number of hydrogen-bond donors (Lipinski definition) is 3. The van der Waals surface area contributed by atoms with Gasteiger partial charge in [-0.1, -0.05) is 27.7 Å². The average Bonchev–Trinajstić information content (AvgIpc) is 2.44. The highest BCUT2D eigenvalue weighted by atomic mass is 16.2. The van der Waals surface area contributed by atoms with Crippen molar-refractivity contribution < 1.29 is 9.59 Å². The first kappa shape index (κ1) is 18.9. The summed E-state index contributed by atoms with van der Waals surface area (Å²) in [7, 11) is 0. The van der Waals surface area contributed by atoms with E-state index < -0.39 is 6.04 Å². The Kier molecular flexibility index (Phi) is 8.46. The summed E-state index contributed by atoms with van der Waals surface area (Å²) < 4.78 is 0.